The predicted molar refractivity (Wildman–Crippen MR) is 107 cm³/mol. The lowest BCUT2D eigenvalue weighted by Gasteiger charge is -2.15. The first kappa shape index (κ1) is 20.5. The van der Waals surface area contributed by atoms with Crippen LogP contribution in [0.25, 0.3) is 0 Å². The fourth-order valence-corrected chi connectivity index (χ4v) is 5.53. The van der Waals surface area contributed by atoms with E-state index in [-0.39, 0.29) is 17.1 Å². The third-order valence-electron chi connectivity index (χ3n) is 4.41. The molecule has 3 rings (SSSR count). The van der Waals surface area contributed by atoms with Crippen molar-refractivity contribution in [3.05, 3.63) is 46.3 Å². The minimum atomic E-state index is -3.59. The Kier molecular flexibility index (Phi) is 6.17. The van der Waals surface area contributed by atoms with Crippen LogP contribution in [0.1, 0.15) is 45.4 Å². The highest BCUT2D eigenvalue weighted by atomic mass is 32.2. The van der Waals surface area contributed by atoms with Crippen LogP contribution in [0.4, 0.5) is 5.00 Å². The number of carbonyl (C=O) groups is 2. The van der Waals surface area contributed by atoms with Crippen molar-refractivity contribution in [3.63, 3.8) is 0 Å². The Morgan fingerprint density at radius 2 is 1.93 bits per heavy atom. The summed E-state index contributed by atoms with van der Waals surface area (Å²) < 4.78 is 31.8. The van der Waals surface area contributed by atoms with E-state index < -0.39 is 21.9 Å². The van der Waals surface area contributed by atoms with Gasteiger partial charge in [-0.05, 0) is 56.5 Å². The molecule has 1 saturated heterocycles. The van der Waals surface area contributed by atoms with Crippen molar-refractivity contribution in [1.29, 1.82) is 0 Å². The van der Waals surface area contributed by atoms with Crippen LogP contribution in [0.2, 0.25) is 0 Å². The van der Waals surface area contributed by atoms with Gasteiger partial charge in [0.1, 0.15) is 4.88 Å². The highest BCUT2D eigenvalue weighted by molar-refractivity contribution is 7.89. The molecule has 1 aromatic carbocycles. The van der Waals surface area contributed by atoms with Gasteiger partial charge in [-0.2, -0.15) is 4.31 Å². The van der Waals surface area contributed by atoms with Crippen molar-refractivity contribution in [2.24, 2.45) is 0 Å². The topological polar surface area (TPSA) is 92.8 Å². The zero-order valence-corrected chi connectivity index (χ0v) is 17.4. The Labute approximate surface area is 168 Å². The van der Waals surface area contributed by atoms with Crippen LogP contribution in [0.15, 0.2) is 35.2 Å². The van der Waals surface area contributed by atoms with Crippen LogP contribution in [0, 0.1) is 6.92 Å². The average molecular weight is 423 g/mol. The second-order valence-electron chi connectivity index (χ2n) is 6.44. The van der Waals surface area contributed by atoms with Gasteiger partial charge in [-0.3, -0.25) is 4.79 Å². The second kappa shape index (κ2) is 8.42. The van der Waals surface area contributed by atoms with Gasteiger partial charge in [-0.1, -0.05) is 6.07 Å². The van der Waals surface area contributed by atoms with Gasteiger partial charge in [0.15, 0.2) is 0 Å². The summed E-state index contributed by atoms with van der Waals surface area (Å²) in [7, 11) is -3.59. The molecule has 1 fully saturated rings. The molecule has 0 radical (unpaired) electrons. The van der Waals surface area contributed by atoms with E-state index in [2.05, 4.69) is 5.32 Å². The highest BCUT2D eigenvalue weighted by Crippen LogP contribution is 2.28. The Bertz CT molecular complexity index is 992. The summed E-state index contributed by atoms with van der Waals surface area (Å²) in [4.78, 5) is 25.1. The van der Waals surface area contributed by atoms with E-state index in [4.69, 9.17) is 4.74 Å². The third kappa shape index (κ3) is 4.26. The van der Waals surface area contributed by atoms with Crippen LogP contribution in [-0.4, -0.2) is 44.3 Å². The largest absolute Gasteiger partial charge is 0.462 e. The number of benzene rings is 1. The Morgan fingerprint density at radius 3 is 2.61 bits per heavy atom. The first-order valence-electron chi connectivity index (χ1n) is 9.02. The molecule has 2 aromatic rings. The zero-order valence-electron chi connectivity index (χ0n) is 15.7. The second-order valence-corrected chi connectivity index (χ2v) is 9.43. The molecule has 0 aliphatic carbocycles. The summed E-state index contributed by atoms with van der Waals surface area (Å²) in [5.74, 6) is -0.862. The number of thiophene rings is 1. The molecule has 1 aliphatic heterocycles. The molecule has 0 spiro atoms. The number of nitrogens with one attached hydrogen (secondary N) is 1. The van der Waals surface area contributed by atoms with E-state index in [1.54, 1.807) is 32.0 Å². The molecular weight excluding hydrogens is 400 g/mol. The number of sulfonamides is 1. The van der Waals surface area contributed by atoms with Crippen LogP contribution >= 0.6 is 11.3 Å². The number of hydrogen-bond acceptors (Lipinski definition) is 6. The van der Waals surface area contributed by atoms with Crippen LogP contribution in [-0.2, 0) is 14.8 Å². The van der Waals surface area contributed by atoms with E-state index in [1.807, 2.05) is 0 Å². The first-order chi connectivity index (χ1) is 13.3. The van der Waals surface area contributed by atoms with E-state index in [9.17, 15) is 18.0 Å². The molecule has 2 heterocycles. The van der Waals surface area contributed by atoms with E-state index >= 15 is 0 Å². The lowest BCUT2D eigenvalue weighted by molar-refractivity contribution is 0.0531. The number of rotatable bonds is 6. The Balaban J connectivity index is 1.79. The number of carbonyl (C=O) groups excluding carboxylic acids is 2. The number of ether oxygens (including phenoxy) is 1. The molecule has 0 saturated carbocycles. The van der Waals surface area contributed by atoms with Gasteiger partial charge >= 0.3 is 5.97 Å². The molecule has 9 heteroatoms. The van der Waals surface area contributed by atoms with E-state index in [0.717, 1.165) is 24.2 Å². The first-order valence-corrected chi connectivity index (χ1v) is 11.3. The van der Waals surface area contributed by atoms with Crippen molar-refractivity contribution in [2.45, 2.75) is 31.6 Å². The highest BCUT2D eigenvalue weighted by Gasteiger charge is 2.27. The van der Waals surface area contributed by atoms with Crippen molar-refractivity contribution >= 4 is 38.2 Å². The summed E-state index contributed by atoms with van der Waals surface area (Å²) >= 11 is 1.13. The van der Waals surface area contributed by atoms with Crippen LogP contribution in [0.3, 0.4) is 0 Å². The van der Waals surface area contributed by atoms with Crippen molar-refractivity contribution in [3.8, 4) is 0 Å². The van der Waals surface area contributed by atoms with Crippen molar-refractivity contribution < 1.29 is 22.7 Å². The number of hydrogen-bond donors (Lipinski definition) is 1. The maximum absolute atomic E-state index is 12.7. The standard InChI is InChI=1S/C19H22N2O5S2/c1-3-26-19(23)17-13(2)11-16(27-17)20-18(22)14-7-6-8-15(12-14)28(24,25)21-9-4-5-10-21/h6-8,11-12H,3-5,9-10H2,1-2H3,(H,20,22). The predicted octanol–water partition coefficient (Wildman–Crippen LogP) is 3.27. The van der Waals surface area contributed by atoms with Gasteiger partial charge in [0.05, 0.1) is 16.5 Å². The minimum absolute atomic E-state index is 0.108. The molecule has 150 valence electrons. The summed E-state index contributed by atoms with van der Waals surface area (Å²) in [6, 6.07) is 7.70. The quantitative estimate of drug-likeness (QED) is 0.721. The lowest BCUT2D eigenvalue weighted by Crippen LogP contribution is -2.28. The van der Waals surface area contributed by atoms with Gasteiger partial charge in [0.2, 0.25) is 10.0 Å². The molecule has 0 atom stereocenters. The molecule has 1 amide bonds. The average Bonchev–Trinajstić information content (AvgIpc) is 3.32. The Morgan fingerprint density at radius 1 is 1.21 bits per heavy atom. The van der Waals surface area contributed by atoms with Gasteiger partial charge in [0.25, 0.3) is 5.91 Å². The molecule has 1 N–H and O–H groups in total. The number of nitrogens with zero attached hydrogens (tertiary/aromatic N) is 1. The van der Waals surface area contributed by atoms with Crippen LogP contribution < -0.4 is 5.32 Å². The summed E-state index contributed by atoms with van der Waals surface area (Å²) in [5.41, 5.74) is 0.952. The maximum atomic E-state index is 12.7. The van der Waals surface area contributed by atoms with Crippen molar-refractivity contribution in [1.82, 2.24) is 4.31 Å². The normalized spacial score (nSPS) is 14.8. The SMILES string of the molecule is CCOC(=O)c1sc(NC(=O)c2cccc(S(=O)(=O)N3CCCC3)c2)cc1C. The molecule has 0 unspecified atom stereocenters. The number of esters is 1. The molecule has 7 nitrogen and oxygen atoms in total. The maximum Gasteiger partial charge on any atom is 0.348 e. The molecule has 1 aromatic heterocycles. The third-order valence-corrected chi connectivity index (χ3v) is 7.44. The summed E-state index contributed by atoms with van der Waals surface area (Å²) in [6.45, 7) is 4.78. The van der Waals surface area contributed by atoms with E-state index in [0.29, 0.717) is 28.5 Å². The number of amides is 1. The fraction of sp³-hybridized carbons (Fsp3) is 0.368. The van der Waals surface area contributed by atoms with Crippen LogP contribution in [0.5, 0.6) is 0 Å². The van der Waals surface area contributed by atoms with Gasteiger partial charge < -0.3 is 10.1 Å². The monoisotopic (exact) mass is 422 g/mol. The van der Waals surface area contributed by atoms with Crippen molar-refractivity contribution in [2.75, 3.05) is 25.0 Å². The smallest absolute Gasteiger partial charge is 0.348 e. The molecule has 28 heavy (non-hydrogen) atoms. The van der Waals surface area contributed by atoms with Gasteiger partial charge in [0, 0.05) is 18.7 Å². The Hall–Kier alpha value is -2.23. The fourth-order valence-electron chi connectivity index (χ4n) is 3.00. The number of aryl methyl sites for hydroxylation is 1. The molecule has 1 aliphatic rings. The van der Waals surface area contributed by atoms with E-state index in [1.165, 1.54) is 16.4 Å². The zero-order chi connectivity index (χ0) is 20.3. The molecule has 0 bridgehead atoms. The van der Waals surface area contributed by atoms with Gasteiger partial charge in [-0.25, -0.2) is 13.2 Å². The van der Waals surface area contributed by atoms with Gasteiger partial charge in [-0.15, -0.1) is 11.3 Å². The summed E-state index contributed by atoms with van der Waals surface area (Å²) in [6.07, 6.45) is 1.69. The minimum Gasteiger partial charge on any atom is -0.462 e. The summed E-state index contributed by atoms with van der Waals surface area (Å²) in [5, 5.41) is 3.23. The number of anilines is 1. The lowest BCUT2D eigenvalue weighted by atomic mass is 10.2. The molecular formula is C19H22N2O5S2.